The highest BCUT2D eigenvalue weighted by atomic mass is 35.5. The standard InChI is InChI=1S/C14H17ClN2OS2/c15-11-2-1-10(14(16)19)8-12(11)17-13(18)7-9-3-5-20-6-4-9/h1-2,8-9H,3-7H2,(H2,16,19)(H,17,18). The van der Waals surface area contributed by atoms with Crippen LogP contribution in [0.1, 0.15) is 24.8 Å². The maximum atomic E-state index is 12.1. The minimum atomic E-state index is 0.00360. The number of rotatable bonds is 4. The summed E-state index contributed by atoms with van der Waals surface area (Å²) in [5, 5.41) is 3.36. The van der Waals surface area contributed by atoms with Crippen molar-refractivity contribution < 1.29 is 4.79 Å². The molecule has 0 spiro atoms. The van der Waals surface area contributed by atoms with E-state index in [1.807, 2.05) is 11.8 Å². The van der Waals surface area contributed by atoms with E-state index >= 15 is 0 Å². The molecule has 6 heteroatoms. The third-order valence-electron chi connectivity index (χ3n) is 3.34. The fourth-order valence-electron chi connectivity index (χ4n) is 2.19. The van der Waals surface area contributed by atoms with Gasteiger partial charge < -0.3 is 11.1 Å². The Balaban J connectivity index is 1.99. The Labute approximate surface area is 133 Å². The predicted molar refractivity (Wildman–Crippen MR) is 90.6 cm³/mol. The summed E-state index contributed by atoms with van der Waals surface area (Å²) >= 11 is 13.0. The first-order chi connectivity index (χ1) is 9.56. The number of carbonyl (C=O) groups excluding carboxylic acids is 1. The normalized spacial score (nSPS) is 15.8. The van der Waals surface area contributed by atoms with Gasteiger partial charge in [0.2, 0.25) is 5.91 Å². The minimum absolute atomic E-state index is 0.00360. The molecule has 0 radical (unpaired) electrons. The van der Waals surface area contributed by atoms with Crippen molar-refractivity contribution in [2.45, 2.75) is 19.3 Å². The molecular weight excluding hydrogens is 312 g/mol. The summed E-state index contributed by atoms with van der Waals surface area (Å²) in [5.74, 6) is 2.78. The summed E-state index contributed by atoms with van der Waals surface area (Å²) in [6.45, 7) is 0. The lowest BCUT2D eigenvalue weighted by molar-refractivity contribution is -0.117. The number of thiocarbonyl (C=S) groups is 1. The van der Waals surface area contributed by atoms with Gasteiger partial charge in [-0.25, -0.2) is 0 Å². The van der Waals surface area contributed by atoms with Gasteiger partial charge in [0.05, 0.1) is 10.7 Å². The zero-order chi connectivity index (χ0) is 14.5. The van der Waals surface area contributed by atoms with Crippen molar-refractivity contribution in [3.63, 3.8) is 0 Å². The van der Waals surface area contributed by atoms with Gasteiger partial charge in [0.15, 0.2) is 0 Å². The van der Waals surface area contributed by atoms with Crippen molar-refractivity contribution in [2.75, 3.05) is 16.8 Å². The number of benzene rings is 1. The number of hydrogen-bond acceptors (Lipinski definition) is 3. The van der Waals surface area contributed by atoms with Gasteiger partial charge in [-0.15, -0.1) is 0 Å². The molecule has 1 aromatic carbocycles. The van der Waals surface area contributed by atoms with Crippen molar-refractivity contribution in [3.05, 3.63) is 28.8 Å². The van der Waals surface area contributed by atoms with E-state index in [-0.39, 0.29) is 5.91 Å². The largest absolute Gasteiger partial charge is 0.389 e. The van der Waals surface area contributed by atoms with Crippen LogP contribution in [0.15, 0.2) is 18.2 Å². The average Bonchev–Trinajstić information content (AvgIpc) is 2.42. The Bertz CT molecular complexity index is 516. The van der Waals surface area contributed by atoms with Crippen LogP contribution in [-0.2, 0) is 4.79 Å². The Hall–Kier alpha value is -0.780. The van der Waals surface area contributed by atoms with Gasteiger partial charge in [-0.1, -0.05) is 29.9 Å². The zero-order valence-electron chi connectivity index (χ0n) is 11.0. The summed E-state index contributed by atoms with van der Waals surface area (Å²) in [5.41, 5.74) is 6.86. The van der Waals surface area contributed by atoms with E-state index in [1.54, 1.807) is 18.2 Å². The third-order valence-corrected chi connectivity index (χ3v) is 4.95. The molecule has 2 rings (SSSR count). The maximum absolute atomic E-state index is 12.1. The lowest BCUT2D eigenvalue weighted by atomic mass is 9.98. The third kappa shape index (κ3) is 4.36. The molecule has 1 aromatic rings. The molecule has 1 aliphatic rings. The summed E-state index contributed by atoms with van der Waals surface area (Å²) in [4.78, 5) is 12.4. The smallest absolute Gasteiger partial charge is 0.224 e. The number of thioether (sulfide) groups is 1. The predicted octanol–water partition coefficient (Wildman–Crippen LogP) is 3.45. The molecule has 20 heavy (non-hydrogen) atoms. The molecule has 1 heterocycles. The summed E-state index contributed by atoms with van der Waals surface area (Å²) < 4.78 is 0. The van der Waals surface area contributed by atoms with E-state index in [9.17, 15) is 4.79 Å². The van der Waals surface area contributed by atoms with E-state index in [4.69, 9.17) is 29.6 Å². The molecule has 0 aliphatic carbocycles. The Morgan fingerprint density at radius 1 is 1.45 bits per heavy atom. The van der Waals surface area contributed by atoms with Gasteiger partial charge in [0, 0.05) is 12.0 Å². The molecule has 1 saturated heterocycles. The highest BCUT2D eigenvalue weighted by Gasteiger charge is 2.18. The number of halogens is 1. The second-order valence-corrected chi connectivity index (χ2v) is 6.94. The molecule has 3 N–H and O–H groups in total. The van der Waals surface area contributed by atoms with E-state index < -0.39 is 0 Å². The van der Waals surface area contributed by atoms with Crippen LogP contribution in [0.4, 0.5) is 5.69 Å². The average molecular weight is 329 g/mol. The van der Waals surface area contributed by atoms with Crippen molar-refractivity contribution in [1.29, 1.82) is 0 Å². The molecule has 0 saturated carbocycles. The quantitative estimate of drug-likeness (QED) is 0.831. The fraction of sp³-hybridized carbons (Fsp3) is 0.429. The molecule has 3 nitrogen and oxygen atoms in total. The monoisotopic (exact) mass is 328 g/mol. The van der Waals surface area contributed by atoms with Crippen LogP contribution in [-0.4, -0.2) is 22.4 Å². The number of amides is 1. The van der Waals surface area contributed by atoms with E-state index in [2.05, 4.69) is 5.32 Å². The van der Waals surface area contributed by atoms with Crippen LogP contribution < -0.4 is 11.1 Å². The van der Waals surface area contributed by atoms with Gasteiger partial charge in [0.25, 0.3) is 0 Å². The highest BCUT2D eigenvalue weighted by Crippen LogP contribution is 2.27. The van der Waals surface area contributed by atoms with E-state index in [1.165, 1.54) is 0 Å². The molecule has 0 bridgehead atoms. The van der Waals surface area contributed by atoms with Crippen molar-refractivity contribution in [1.82, 2.24) is 0 Å². The van der Waals surface area contributed by atoms with Gasteiger partial charge in [-0.05, 0) is 42.4 Å². The topological polar surface area (TPSA) is 55.1 Å². The van der Waals surface area contributed by atoms with Gasteiger partial charge in [0.1, 0.15) is 4.99 Å². The zero-order valence-corrected chi connectivity index (χ0v) is 13.4. The fourth-order valence-corrected chi connectivity index (χ4v) is 3.68. The van der Waals surface area contributed by atoms with Gasteiger partial charge >= 0.3 is 0 Å². The number of nitrogens with one attached hydrogen (secondary N) is 1. The summed E-state index contributed by atoms with van der Waals surface area (Å²) in [6.07, 6.45) is 2.77. The van der Waals surface area contributed by atoms with Crippen LogP contribution in [0.3, 0.4) is 0 Å². The van der Waals surface area contributed by atoms with Crippen LogP contribution in [0.5, 0.6) is 0 Å². The molecule has 1 amide bonds. The molecule has 1 aliphatic heterocycles. The van der Waals surface area contributed by atoms with Crippen LogP contribution in [0.2, 0.25) is 5.02 Å². The lowest BCUT2D eigenvalue weighted by Crippen LogP contribution is -2.20. The number of nitrogens with two attached hydrogens (primary N) is 1. The van der Waals surface area contributed by atoms with Crippen molar-refractivity contribution >= 4 is 52.2 Å². The number of hydrogen-bond donors (Lipinski definition) is 2. The SMILES string of the molecule is NC(=S)c1ccc(Cl)c(NC(=O)CC2CCSCC2)c1. The summed E-state index contributed by atoms with van der Waals surface area (Å²) in [7, 11) is 0. The Morgan fingerprint density at radius 3 is 2.80 bits per heavy atom. The van der Waals surface area contributed by atoms with Gasteiger partial charge in [-0.2, -0.15) is 11.8 Å². The highest BCUT2D eigenvalue weighted by molar-refractivity contribution is 7.99. The van der Waals surface area contributed by atoms with Crippen LogP contribution in [0, 0.1) is 5.92 Å². The molecular formula is C14H17ClN2OS2. The lowest BCUT2D eigenvalue weighted by Gasteiger charge is -2.20. The summed E-state index contributed by atoms with van der Waals surface area (Å²) in [6, 6.07) is 5.17. The molecule has 1 fully saturated rings. The van der Waals surface area contributed by atoms with Crippen molar-refractivity contribution in [3.8, 4) is 0 Å². The van der Waals surface area contributed by atoms with Gasteiger partial charge in [-0.3, -0.25) is 4.79 Å². The molecule has 108 valence electrons. The maximum Gasteiger partial charge on any atom is 0.224 e. The molecule has 0 aromatic heterocycles. The molecule has 0 unspecified atom stereocenters. The van der Waals surface area contributed by atoms with Crippen molar-refractivity contribution in [2.24, 2.45) is 11.7 Å². The Morgan fingerprint density at radius 2 is 2.15 bits per heavy atom. The molecule has 0 atom stereocenters. The Kier molecular flexibility index (Phi) is 5.69. The van der Waals surface area contributed by atoms with E-state index in [0.29, 0.717) is 33.6 Å². The minimum Gasteiger partial charge on any atom is -0.389 e. The first kappa shape index (κ1) is 15.6. The second kappa shape index (κ2) is 7.29. The number of carbonyl (C=O) groups is 1. The first-order valence-corrected chi connectivity index (χ1v) is 8.47. The van der Waals surface area contributed by atoms with E-state index in [0.717, 1.165) is 24.3 Å². The second-order valence-electron chi connectivity index (χ2n) is 4.87. The first-order valence-electron chi connectivity index (χ1n) is 6.53. The number of anilines is 1. The van der Waals surface area contributed by atoms with Crippen LogP contribution in [0.25, 0.3) is 0 Å². The van der Waals surface area contributed by atoms with Crippen LogP contribution >= 0.6 is 35.6 Å².